The van der Waals surface area contributed by atoms with E-state index in [9.17, 15) is 24.3 Å². The van der Waals surface area contributed by atoms with Gasteiger partial charge in [-0.3, -0.25) is 9.59 Å². The predicted octanol–water partition coefficient (Wildman–Crippen LogP) is 4.69. The Morgan fingerprint density at radius 3 is 2.64 bits per heavy atom. The summed E-state index contributed by atoms with van der Waals surface area (Å²) in [5.41, 5.74) is 1.80. The number of hydrogen-bond donors (Lipinski definition) is 1. The number of aryl methyl sites for hydroxylation is 1. The standard InChI is InChI=1S/C29H28ClN3O9/c1-5-6-7-13-15-10-32-18(8-14-16(25(32)35)11-39-26(36)23(14)34)21(15)31-17-9-19-24(41-12-40-19)22(20(13)17)33(27(30)37)28(38)42-29(2,3)4/h8-9,23,34H,5-7,10-12H2,1-4H3/t23-/m0/s1. The number of unbranched alkanes of at least 4 members (excludes halogenated alkanes) is 1. The van der Waals surface area contributed by atoms with E-state index in [0.717, 1.165) is 23.3 Å². The number of nitrogens with zero attached hydrogens (tertiary/aromatic N) is 3. The second kappa shape index (κ2) is 9.99. The molecule has 220 valence electrons. The molecule has 0 saturated heterocycles. The number of pyridine rings is 2. The lowest BCUT2D eigenvalue weighted by Crippen LogP contribution is -2.38. The summed E-state index contributed by atoms with van der Waals surface area (Å²) in [6.07, 6.45) is -0.510. The summed E-state index contributed by atoms with van der Waals surface area (Å²) >= 11 is 6.03. The third kappa shape index (κ3) is 4.36. The Morgan fingerprint density at radius 1 is 1.19 bits per heavy atom. The van der Waals surface area contributed by atoms with Gasteiger partial charge in [0.1, 0.15) is 17.9 Å². The maximum atomic E-state index is 13.6. The fourth-order valence-corrected chi connectivity index (χ4v) is 5.77. The van der Waals surface area contributed by atoms with Crippen molar-refractivity contribution in [2.24, 2.45) is 0 Å². The molecule has 1 atom stereocenters. The monoisotopic (exact) mass is 597 g/mol. The minimum Gasteiger partial charge on any atom is -0.458 e. The quantitative estimate of drug-likeness (QED) is 0.200. The number of esters is 1. The van der Waals surface area contributed by atoms with Crippen molar-refractivity contribution in [2.75, 3.05) is 11.7 Å². The minimum atomic E-state index is -1.59. The van der Waals surface area contributed by atoms with Crippen molar-refractivity contribution in [3.8, 4) is 22.9 Å². The molecule has 13 heteroatoms. The molecule has 42 heavy (non-hydrogen) atoms. The van der Waals surface area contributed by atoms with Gasteiger partial charge in [-0.25, -0.2) is 14.6 Å². The third-order valence-corrected chi connectivity index (χ3v) is 7.60. The van der Waals surface area contributed by atoms with Gasteiger partial charge >= 0.3 is 17.4 Å². The number of hydrogen-bond acceptors (Lipinski definition) is 10. The SMILES string of the molecule is CCCCc1c2c(nc3cc4c(c(N(C(=O)Cl)C(=O)OC(C)(C)C)c13)OCO4)-c1cc3c(c(=O)n1C2)COC(=O)[C@H]3O. The van der Waals surface area contributed by atoms with Gasteiger partial charge in [0.2, 0.25) is 6.79 Å². The number of aliphatic hydroxyl groups excluding tert-OH is 1. The van der Waals surface area contributed by atoms with Crippen LogP contribution in [0.25, 0.3) is 22.3 Å². The zero-order valence-electron chi connectivity index (χ0n) is 23.4. The lowest BCUT2D eigenvalue weighted by Gasteiger charge is -2.27. The number of aromatic nitrogens is 2. The molecule has 3 aromatic rings. The van der Waals surface area contributed by atoms with E-state index in [1.165, 1.54) is 4.57 Å². The molecule has 2 amide bonds. The molecule has 0 aliphatic carbocycles. The molecule has 12 nitrogen and oxygen atoms in total. The highest BCUT2D eigenvalue weighted by Crippen LogP contribution is 2.50. The fraction of sp³-hybridized carbons (Fsp3) is 0.414. The van der Waals surface area contributed by atoms with Gasteiger partial charge in [-0.1, -0.05) is 13.3 Å². The Balaban J connectivity index is 1.66. The Labute approximate surface area is 244 Å². The van der Waals surface area contributed by atoms with Crippen molar-refractivity contribution in [1.82, 2.24) is 9.55 Å². The number of benzene rings is 1. The summed E-state index contributed by atoms with van der Waals surface area (Å²) in [5.74, 6) is -0.439. The van der Waals surface area contributed by atoms with Crippen LogP contribution < -0.4 is 19.9 Å². The number of anilines is 1. The molecule has 5 heterocycles. The first-order chi connectivity index (χ1) is 19.9. The van der Waals surface area contributed by atoms with Crippen molar-refractivity contribution in [2.45, 2.75) is 71.8 Å². The number of carbonyl (C=O) groups excluding carboxylic acids is 3. The van der Waals surface area contributed by atoms with Crippen molar-refractivity contribution in [3.63, 3.8) is 0 Å². The van der Waals surface area contributed by atoms with E-state index in [0.29, 0.717) is 34.3 Å². The molecule has 0 saturated carbocycles. The van der Waals surface area contributed by atoms with Crippen LogP contribution in [-0.4, -0.2) is 44.5 Å². The molecule has 2 aromatic heterocycles. The molecule has 0 fully saturated rings. The summed E-state index contributed by atoms with van der Waals surface area (Å²) < 4.78 is 23.5. The van der Waals surface area contributed by atoms with Crippen LogP contribution >= 0.6 is 11.6 Å². The fourth-order valence-electron chi connectivity index (χ4n) is 5.62. The van der Waals surface area contributed by atoms with Gasteiger partial charge in [0, 0.05) is 22.6 Å². The highest BCUT2D eigenvalue weighted by molar-refractivity contribution is 6.68. The van der Waals surface area contributed by atoms with Crippen LogP contribution in [0.2, 0.25) is 0 Å². The van der Waals surface area contributed by atoms with E-state index in [1.54, 1.807) is 32.9 Å². The first-order valence-corrected chi connectivity index (χ1v) is 13.9. The lowest BCUT2D eigenvalue weighted by molar-refractivity contribution is -0.157. The lowest BCUT2D eigenvalue weighted by atomic mass is 9.94. The first kappa shape index (κ1) is 28.0. The summed E-state index contributed by atoms with van der Waals surface area (Å²) in [4.78, 5) is 57.5. The number of rotatable bonds is 4. The van der Waals surface area contributed by atoms with Crippen molar-refractivity contribution in [3.05, 3.63) is 44.7 Å². The van der Waals surface area contributed by atoms with E-state index in [-0.39, 0.29) is 48.3 Å². The molecule has 3 aliphatic heterocycles. The molecule has 0 bridgehead atoms. The number of imide groups is 1. The first-order valence-electron chi connectivity index (χ1n) is 13.5. The molecular formula is C29H28ClN3O9. The van der Waals surface area contributed by atoms with Crippen LogP contribution in [0.4, 0.5) is 15.3 Å². The highest BCUT2D eigenvalue weighted by atomic mass is 35.5. The molecule has 6 rings (SSSR count). The molecule has 0 radical (unpaired) electrons. The van der Waals surface area contributed by atoms with Crippen molar-refractivity contribution < 1.29 is 38.4 Å². The van der Waals surface area contributed by atoms with Gasteiger partial charge < -0.3 is 28.6 Å². The number of carbonyl (C=O) groups is 3. The van der Waals surface area contributed by atoms with Gasteiger partial charge in [0.15, 0.2) is 17.6 Å². The normalized spacial score (nSPS) is 16.5. The molecular weight excluding hydrogens is 570 g/mol. The second-order valence-corrected chi connectivity index (χ2v) is 11.6. The zero-order chi connectivity index (χ0) is 30.1. The topological polar surface area (TPSA) is 146 Å². The number of ether oxygens (including phenoxy) is 4. The number of cyclic esters (lactones) is 1. The van der Waals surface area contributed by atoms with Crippen molar-refractivity contribution >= 4 is 45.6 Å². The summed E-state index contributed by atoms with van der Waals surface area (Å²) in [7, 11) is 0. The number of halogens is 1. The van der Waals surface area contributed by atoms with E-state index in [4.69, 9.17) is 35.5 Å². The summed E-state index contributed by atoms with van der Waals surface area (Å²) in [5, 5.41) is 9.83. The Bertz CT molecular complexity index is 1760. The van der Waals surface area contributed by atoms with Crippen LogP contribution in [-0.2, 0) is 33.8 Å². The van der Waals surface area contributed by atoms with Gasteiger partial charge in [-0.2, -0.15) is 4.90 Å². The van der Waals surface area contributed by atoms with E-state index >= 15 is 0 Å². The Hall–Kier alpha value is -4.16. The number of aliphatic hydroxyl groups is 1. The van der Waals surface area contributed by atoms with Crippen LogP contribution in [0.1, 0.15) is 68.9 Å². The van der Waals surface area contributed by atoms with E-state index in [2.05, 4.69) is 0 Å². The second-order valence-electron chi connectivity index (χ2n) is 11.3. The van der Waals surface area contributed by atoms with Gasteiger partial charge in [-0.05, 0) is 56.8 Å². The van der Waals surface area contributed by atoms with Crippen LogP contribution in [0.5, 0.6) is 11.5 Å². The Morgan fingerprint density at radius 2 is 1.95 bits per heavy atom. The Kier molecular flexibility index (Phi) is 6.65. The van der Waals surface area contributed by atoms with Crippen LogP contribution in [0.3, 0.4) is 0 Å². The summed E-state index contributed by atoms with van der Waals surface area (Å²) in [6.45, 7) is 6.77. The van der Waals surface area contributed by atoms with E-state index in [1.807, 2.05) is 6.92 Å². The van der Waals surface area contributed by atoms with Crippen molar-refractivity contribution in [1.29, 1.82) is 0 Å². The maximum Gasteiger partial charge on any atom is 0.422 e. The molecule has 0 spiro atoms. The maximum absolute atomic E-state index is 13.6. The van der Waals surface area contributed by atoms with Gasteiger partial charge in [-0.15, -0.1) is 0 Å². The predicted molar refractivity (Wildman–Crippen MR) is 150 cm³/mol. The molecule has 1 aromatic carbocycles. The van der Waals surface area contributed by atoms with Gasteiger partial charge in [0.25, 0.3) is 5.56 Å². The largest absolute Gasteiger partial charge is 0.458 e. The molecule has 1 N–H and O–H groups in total. The van der Waals surface area contributed by atoms with Crippen LogP contribution in [0, 0.1) is 0 Å². The molecule has 3 aliphatic rings. The molecule has 0 unspecified atom stereocenters. The zero-order valence-corrected chi connectivity index (χ0v) is 24.2. The number of amides is 2. The third-order valence-electron chi connectivity index (χ3n) is 7.43. The summed E-state index contributed by atoms with van der Waals surface area (Å²) in [6, 6.07) is 3.24. The van der Waals surface area contributed by atoms with Gasteiger partial charge in [0.05, 0.1) is 29.0 Å². The number of fused-ring (bicyclic) bond motifs is 6. The van der Waals surface area contributed by atoms with Crippen LogP contribution in [0.15, 0.2) is 16.9 Å². The average molecular weight is 598 g/mol. The highest BCUT2D eigenvalue weighted by Gasteiger charge is 2.39. The average Bonchev–Trinajstić information content (AvgIpc) is 3.52. The smallest absolute Gasteiger partial charge is 0.422 e. The van der Waals surface area contributed by atoms with E-state index < -0.39 is 34.7 Å². The minimum absolute atomic E-state index is 0.0488.